The van der Waals surface area contributed by atoms with Crippen LogP contribution in [0.1, 0.15) is 65.8 Å². The van der Waals surface area contributed by atoms with Crippen LogP contribution in [0.3, 0.4) is 0 Å². The van der Waals surface area contributed by atoms with E-state index in [9.17, 15) is 0 Å². The highest BCUT2D eigenvalue weighted by Gasteiger charge is 2.20. The average molecular weight is 396 g/mol. The number of ether oxygens (including phenoxy) is 1. The van der Waals surface area contributed by atoms with Gasteiger partial charge in [-0.3, -0.25) is 0 Å². The molecule has 0 aliphatic heterocycles. The van der Waals surface area contributed by atoms with E-state index in [1.807, 2.05) is 0 Å². The molecule has 29 heavy (non-hydrogen) atoms. The predicted molar refractivity (Wildman–Crippen MR) is 121 cm³/mol. The van der Waals surface area contributed by atoms with E-state index in [0.717, 1.165) is 37.4 Å². The van der Waals surface area contributed by atoms with E-state index in [-0.39, 0.29) is 6.61 Å². The van der Waals surface area contributed by atoms with Gasteiger partial charge in [-0.05, 0) is 104 Å². The Balaban J connectivity index is 1.60. The van der Waals surface area contributed by atoms with Crippen LogP contribution in [-0.4, -0.2) is 25.4 Å². The van der Waals surface area contributed by atoms with Gasteiger partial charge in [0.25, 0.3) is 0 Å². The summed E-state index contributed by atoms with van der Waals surface area (Å²) in [6.07, 6.45) is 8.90. The number of nitrogens with two attached hydrogens (primary N) is 1. The van der Waals surface area contributed by atoms with Gasteiger partial charge in [-0.25, -0.2) is 0 Å². The number of fused-ring (bicyclic) bond motifs is 1. The highest BCUT2D eigenvalue weighted by molar-refractivity contribution is 5.38. The highest BCUT2D eigenvalue weighted by Crippen LogP contribution is 2.32. The summed E-state index contributed by atoms with van der Waals surface area (Å²) >= 11 is 0. The van der Waals surface area contributed by atoms with Crippen LogP contribution in [0, 0.1) is 12.8 Å². The zero-order valence-electron chi connectivity index (χ0n) is 18.1. The molecule has 0 fully saturated rings. The fourth-order valence-electron chi connectivity index (χ4n) is 4.69. The lowest BCUT2D eigenvalue weighted by atomic mass is 9.79. The lowest BCUT2D eigenvalue weighted by Gasteiger charge is -2.26. The van der Waals surface area contributed by atoms with Crippen LogP contribution < -0.4 is 10.5 Å². The molecule has 0 heterocycles. The van der Waals surface area contributed by atoms with E-state index < -0.39 is 0 Å². The molecule has 2 aromatic rings. The zero-order valence-corrected chi connectivity index (χ0v) is 18.1. The first-order valence-electron chi connectivity index (χ1n) is 11.2. The third-order valence-electron chi connectivity index (χ3n) is 6.54. The van der Waals surface area contributed by atoms with Crippen molar-refractivity contribution in [3.8, 4) is 5.75 Å². The fourth-order valence-corrected chi connectivity index (χ4v) is 4.69. The van der Waals surface area contributed by atoms with Gasteiger partial charge in [0.05, 0.1) is 7.11 Å². The van der Waals surface area contributed by atoms with Crippen molar-refractivity contribution < 1.29 is 9.84 Å². The third kappa shape index (κ3) is 5.83. The van der Waals surface area contributed by atoms with Gasteiger partial charge in [0.1, 0.15) is 5.75 Å². The van der Waals surface area contributed by atoms with Crippen molar-refractivity contribution in [2.24, 2.45) is 11.7 Å². The summed E-state index contributed by atoms with van der Waals surface area (Å²) in [5, 5.41) is 9.02. The van der Waals surface area contributed by atoms with Gasteiger partial charge in [0.15, 0.2) is 0 Å². The van der Waals surface area contributed by atoms with Crippen LogP contribution in [0.4, 0.5) is 0 Å². The van der Waals surface area contributed by atoms with Gasteiger partial charge in [-0.15, -0.1) is 0 Å². The van der Waals surface area contributed by atoms with Crippen LogP contribution in [0.25, 0.3) is 0 Å². The van der Waals surface area contributed by atoms with E-state index in [0.29, 0.717) is 12.5 Å². The van der Waals surface area contributed by atoms with Crippen molar-refractivity contribution in [1.82, 2.24) is 0 Å². The molecule has 0 saturated heterocycles. The summed E-state index contributed by atoms with van der Waals surface area (Å²) in [5.74, 6) is 2.19. The number of hydrogen-bond donors (Lipinski definition) is 2. The first kappa shape index (κ1) is 21.9. The molecular weight excluding hydrogens is 358 g/mol. The minimum absolute atomic E-state index is 0.275. The summed E-state index contributed by atoms with van der Waals surface area (Å²) in [4.78, 5) is 0. The highest BCUT2D eigenvalue weighted by atomic mass is 16.5. The van der Waals surface area contributed by atoms with Crippen molar-refractivity contribution in [3.63, 3.8) is 0 Å². The molecule has 1 aliphatic rings. The zero-order chi connectivity index (χ0) is 20.6. The van der Waals surface area contributed by atoms with Crippen molar-refractivity contribution >= 4 is 0 Å². The molecule has 0 unspecified atom stereocenters. The van der Waals surface area contributed by atoms with E-state index in [1.54, 1.807) is 7.11 Å². The van der Waals surface area contributed by atoms with Crippen molar-refractivity contribution in [2.45, 2.75) is 64.2 Å². The molecule has 0 spiro atoms. The van der Waals surface area contributed by atoms with Gasteiger partial charge >= 0.3 is 0 Å². The molecule has 0 aromatic heterocycles. The summed E-state index contributed by atoms with van der Waals surface area (Å²) in [6, 6.07) is 13.6. The molecule has 3 nitrogen and oxygen atoms in total. The quantitative estimate of drug-likeness (QED) is 0.560. The molecule has 3 heteroatoms. The van der Waals surface area contributed by atoms with E-state index in [1.165, 1.54) is 53.5 Å². The Morgan fingerprint density at radius 1 is 1.14 bits per heavy atom. The number of rotatable bonds is 10. The fraction of sp³-hybridized carbons (Fsp3) is 0.538. The molecule has 0 saturated carbocycles. The normalized spacial score (nSPS) is 17.0. The topological polar surface area (TPSA) is 55.5 Å². The van der Waals surface area contributed by atoms with Crippen molar-refractivity contribution in [2.75, 3.05) is 20.3 Å². The van der Waals surface area contributed by atoms with Crippen LogP contribution in [0.15, 0.2) is 36.4 Å². The summed E-state index contributed by atoms with van der Waals surface area (Å²) in [5.41, 5.74) is 13.0. The third-order valence-corrected chi connectivity index (χ3v) is 6.54. The van der Waals surface area contributed by atoms with Crippen LogP contribution >= 0.6 is 0 Å². The maximum atomic E-state index is 9.02. The van der Waals surface area contributed by atoms with Gasteiger partial charge in [0.2, 0.25) is 0 Å². The van der Waals surface area contributed by atoms with Crippen LogP contribution in [-0.2, 0) is 19.3 Å². The SMILES string of the molecule is COc1cc(C)ccc1CC[C@@H]1CCc2cc([C@H](CN)CCCCO)ccc2C1. The van der Waals surface area contributed by atoms with E-state index in [4.69, 9.17) is 15.6 Å². The average Bonchev–Trinajstić information content (AvgIpc) is 2.75. The Labute approximate surface area is 176 Å². The second-order valence-electron chi connectivity index (χ2n) is 8.64. The Hall–Kier alpha value is -1.84. The summed E-state index contributed by atoms with van der Waals surface area (Å²) in [7, 11) is 1.77. The van der Waals surface area contributed by atoms with Crippen molar-refractivity contribution in [1.29, 1.82) is 0 Å². The monoisotopic (exact) mass is 395 g/mol. The Kier molecular flexibility index (Phi) is 8.14. The number of unbranched alkanes of at least 4 members (excludes halogenated alkanes) is 1. The molecule has 0 amide bonds. The Morgan fingerprint density at radius 3 is 2.76 bits per heavy atom. The number of aryl methyl sites for hydroxylation is 3. The first-order valence-corrected chi connectivity index (χ1v) is 11.2. The van der Waals surface area contributed by atoms with E-state index in [2.05, 4.69) is 43.3 Å². The second kappa shape index (κ2) is 10.8. The smallest absolute Gasteiger partial charge is 0.122 e. The van der Waals surface area contributed by atoms with Gasteiger partial charge in [-0.2, -0.15) is 0 Å². The molecular formula is C26H37NO2. The van der Waals surface area contributed by atoms with E-state index >= 15 is 0 Å². The van der Waals surface area contributed by atoms with Gasteiger partial charge in [-0.1, -0.05) is 36.8 Å². The minimum Gasteiger partial charge on any atom is -0.496 e. The van der Waals surface area contributed by atoms with Crippen molar-refractivity contribution in [3.05, 3.63) is 64.2 Å². The lowest BCUT2D eigenvalue weighted by Crippen LogP contribution is -2.17. The van der Waals surface area contributed by atoms with Gasteiger partial charge < -0.3 is 15.6 Å². The minimum atomic E-state index is 0.275. The first-order chi connectivity index (χ1) is 14.1. The second-order valence-corrected chi connectivity index (χ2v) is 8.64. The molecule has 3 N–H and O–H groups in total. The predicted octanol–water partition coefficient (Wildman–Crippen LogP) is 4.95. The molecule has 1 aliphatic carbocycles. The maximum absolute atomic E-state index is 9.02. The number of methoxy groups -OCH3 is 1. The van der Waals surface area contributed by atoms with Crippen LogP contribution in [0.2, 0.25) is 0 Å². The molecule has 3 rings (SSSR count). The number of aliphatic hydroxyl groups is 1. The largest absolute Gasteiger partial charge is 0.496 e. The molecule has 0 bridgehead atoms. The molecule has 0 radical (unpaired) electrons. The maximum Gasteiger partial charge on any atom is 0.122 e. The standard InChI is InChI=1S/C26H37NO2/c1-19-6-9-21(26(15-19)29-2)10-7-20-8-11-23-17-24(13-12-22(23)16-20)25(18-27)5-3-4-14-28/h6,9,12-13,15,17,20,25,28H,3-5,7-8,10-11,14,16,18,27H2,1-2H3/t20-,25+/m1/s1. The molecule has 158 valence electrons. The Bertz CT molecular complexity index is 786. The number of benzene rings is 2. The Morgan fingerprint density at radius 2 is 2.00 bits per heavy atom. The summed E-state index contributed by atoms with van der Waals surface area (Å²) in [6.45, 7) is 3.07. The van der Waals surface area contributed by atoms with Crippen LogP contribution in [0.5, 0.6) is 5.75 Å². The number of aliphatic hydroxyl groups excluding tert-OH is 1. The summed E-state index contributed by atoms with van der Waals surface area (Å²) < 4.78 is 5.58. The number of hydrogen-bond acceptors (Lipinski definition) is 3. The lowest BCUT2D eigenvalue weighted by molar-refractivity contribution is 0.281. The van der Waals surface area contributed by atoms with Gasteiger partial charge in [0, 0.05) is 6.61 Å². The molecule has 2 aromatic carbocycles. The molecule has 2 atom stereocenters.